The predicted molar refractivity (Wildman–Crippen MR) is 102 cm³/mol. The fraction of sp³-hybridized carbons (Fsp3) is 0.100. The molecule has 28 heavy (non-hydrogen) atoms. The number of ketones is 1. The lowest BCUT2D eigenvalue weighted by Gasteiger charge is -2.24. The van der Waals surface area contributed by atoms with E-state index in [2.05, 4.69) is 10.2 Å². The highest BCUT2D eigenvalue weighted by Crippen LogP contribution is 2.42. The maximum absolute atomic E-state index is 13.2. The SMILES string of the molecule is Cc1nnc(N2C(=O)C(O)=C(C(=O)c3ccc(F)cc3)C2c2ccccc2)s1. The van der Waals surface area contributed by atoms with Crippen molar-refractivity contribution < 1.29 is 19.1 Å². The molecule has 0 saturated heterocycles. The van der Waals surface area contributed by atoms with E-state index in [1.54, 1.807) is 31.2 Å². The van der Waals surface area contributed by atoms with Gasteiger partial charge < -0.3 is 5.11 Å². The fourth-order valence-corrected chi connectivity index (χ4v) is 3.84. The van der Waals surface area contributed by atoms with Crippen LogP contribution < -0.4 is 4.90 Å². The van der Waals surface area contributed by atoms with Crippen molar-refractivity contribution in [1.29, 1.82) is 0 Å². The number of amides is 1. The molecule has 0 saturated carbocycles. The minimum atomic E-state index is -0.862. The number of aromatic nitrogens is 2. The molecule has 0 spiro atoms. The van der Waals surface area contributed by atoms with E-state index >= 15 is 0 Å². The lowest BCUT2D eigenvalue weighted by Crippen LogP contribution is -2.31. The van der Waals surface area contributed by atoms with Crippen LogP contribution in [-0.4, -0.2) is 27.0 Å². The molecule has 1 aromatic heterocycles. The molecule has 3 aromatic rings. The number of carbonyl (C=O) groups excluding carboxylic acids is 2. The van der Waals surface area contributed by atoms with Crippen LogP contribution in [0.15, 0.2) is 65.9 Å². The average Bonchev–Trinajstić information content (AvgIpc) is 3.24. The van der Waals surface area contributed by atoms with Gasteiger partial charge in [-0.15, -0.1) is 10.2 Å². The number of rotatable bonds is 4. The van der Waals surface area contributed by atoms with Gasteiger partial charge in [-0.1, -0.05) is 41.7 Å². The molecule has 0 bridgehead atoms. The number of benzene rings is 2. The second-order valence-electron chi connectivity index (χ2n) is 6.19. The minimum Gasteiger partial charge on any atom is -0.503 e. The van der Waals surface area contributed by atoms with E-state index in [1.165, 1.54) is 28.4 Å². The Hall–Kier alpha value is -3.39. The Labute approximate surface area is 163 Å². The van der Waals surface area contributed by atoms with Gasteiger partial charge in [0.1, 0.15) is 10.8 Å². The number of halogens is 1. The Morgan fingerprint density at radius 2 is 1.79 bits per heavy atom. The van der Waals surface area contributed by atoms with Gasteiger partial charge in [0.25, 0.3) is 5.91 Å². The number of hydrogen-bond donors (Lipinski definition) is 1. The molecule has 140 valence electrons. The van der Waals surface area contributed by atoms with Gasteiger partial charge in [-0.2, -0.15) is 0 Å². The van der Waals surface area contributed by atoms with Crippen LogP contribution in [0.1, 0.15) is 27.0 Å². The molecular weight excluding hydrogens is 381 g/mol. The number of Topliss-reactive ketones (excluding diaryl/α,β-unsaturated/α-hetero) is 1. The first-order valence-corrected chi connectivity index (χ1v) is 9.21. The van der Waals surface area contributed by atoms with Crippen LogP contribution >= 0.6 is 11.3 Å². The number of aliphatic hydroxyl groups is 1. The van der Waals surface area contributed by atoms with Gasteiger partial charge in [-0.05, 0) is 36.8 Å². The summed E-state index contributed by atoms with van der Waals surface area (Å²) in [5.74, 6) is -2.40. The van der Waals surface area contributed by atoms with Gasteiger partial charge in [-0.25, -0.2) is 4.39 Å². The summed E-state index contributed by atoms with van der Waals surface area (Å²) < 4.78 is 13.2. The largest absolute Gasteiger partial charge is 0.503 e. The molecule has 8 heteroatoms. The third-order valence-electron chi connectivity index (χ3n) is 4.40. The van der Waals surface area contributed by atoms with Gasteiger partial charge in [0, 0.05) is 5.56 Å². The zero-order chi connectivity index (χ0) is 19.8. The second kappa shape index (κ2) is 6.97. The van der Waals surface area contributed by atoms with Gasteiger partial charge >= 0.3 is 0 Å². The van der Waals surface area contributed by atoms with Crippen LogP contribution in [0.25, 0.3) is 0 Å². The standard InChI is InChI=1S/C20H14FN3O3S/c1-11-22-23-20(28-11)24-16(12-5-3-2-4-6-12)15(18(26)19(24)27)17(25)13-7-9-14(21)10-8-13/h2-10,16,26H,1H3. The molecule has 1 unspecified atom stereocenters. The smallest absolute Gasteiger partial charge is 0.296 e. The van der Waals surface area contributed by atoms with E-state index in [-0.39, 0.29) is 16.3 Å². The molecule has 1 N–H and O–H groups in total. The average molecular weight is 395 g/mol. The van der Waals surface area contributed by atoms with Crippen LogP contribution in [0.2, 0.25) is 0 Å². The van der Waals surface area contributed by atoms with Crippen molar-refractivity contribution in [3.8, 4) is 0 Å². The topological polar surface area (TPSA) is 83.4 Å². The van der Waals surface area contributed by atoms with Crippen molar-refractivity contribution in [2.45, 2.75) is 13.0 Å². The van der Waals surface area contributed by atoms with E-state index in [0.29, 0.717) is 10.6 Å². The van der Waals surface area contributed by atoms with E-state index in [9.17, 15) is 19.1 Å². The Balaban J connectivity index is 1.86. The van der Waals surface area contributed by atoms with Crippen molar-refractivity contribution >= 4 is 28.2 Å². The Bertz CT molecular complexity index is 1090. The maximum Gasteiger partial charge on any atom is 0.296 e. The quantitative estimate of drug-likeness (QED) is 0.680. The number of carbonyl (C=O) groups is 2. The summed E-state index contributed by atoms with van der Waals surface area (Å²) in [6.07, 6.45) is 0. The zero-order valence-corrected chi connectivity index (χ0v) is 15.5. The lowest BCUT2D eigenvalue weighted by molar-refractivity contribution is -0.117. The van der Waals surface area contributed by atoms with Crippen molar-refractivity contribution in [1.82, 2.24) is 10.2 Å². The van der Waals surface area contributed by atoms with Gasteiger partial charge in [0.2, 0.25) is 5.13 Å². The molecule has 1 aliphatic rings. The highest BCUT2D eigenvalue weighted by Gasteiger charge is 2.45. The third kappa shape index (κ3) is 2.97. The first-order chi connectivity index (χ1) is 13.5. The summed E-state index contributed by atoms with van der Waals surface area (Å²) >= 11 is 1.18. The number of hydrogen-bond acceptors (Lipinski definition) is 6. The van der Waals surface area contributed by atoms with Crippen LogP contribution in [0, 0.1) is 12.7 Å². The van der Waals surface area contributed by atoms with Crippen LogP contribution in [0.3, 0.4) is 0 Å². The van der Waals surface area contributed by atoms with E-state index in [1.807, 2.05) is 6.07 Å². The third-order valence-corrected chi connectivity index (χ3v) is 5.23. The van der Waals surface area contributed by atoms with Gasteiger partial charge in [-0.3, -0.25) is 14.5 Å². The molecule has 1 amide bonds. The summed E-state index contributed by atoms with van der Waals surface area (Å²) in [5.41, 5.74) is 0.737. The highest BCUT2D eigenvalue weighted by atomic mass is 32.1. The summed E-state index contributed by atoms with van der Waals surface area (Å²) in [5, 5.41) is 19.4. The van der Waals surface area contributed by atoms with E-state index < -0.39 is 29.3 Å². The molecule has 6 nitrogen and oxygen atoms in total. The molecule has 4 rings (SSSR count). The number of nitrogens with zero attached hydrogens (tertiary/aromatic N) is 3. The summed E-state index contributed by atoms with van der Waals surface area (Å²) in [7, 11) is 0. The van der Waals surface area contributed by atoms with Gasteiger partial charge in [0.15, 0.2) is 11.5 Å². The second-order valence-corrected chi connectivity index (χ2v) is 7.35. The fourth-order valence-electron chi connectivity index (χ4n) is 3.13. The van der Waals surface area contributed by atoms with E-state index in [4.69, 9.17) is 0 Å². The Kier molecular flexibility index (Phi) is 4.48. The summed E-state index contributed by atoms with van der Waals surface area (Å²) in [4.78, 5) is 27.2. The molecule has 2 heterocycles. The molecule has 0 radical (unpaired) electrons. The van der Waals surface area contributed by atoms with Crippen molar-refractivity contribution in [3.05, 3.63) is 87.9 Å². The minimum absolute atomic E-state index is 0.0735. The summed E-state index contributed by atoms with van der Waals surface area (Å²) in [6.45, 7) is 1.75. The molecule has 1 aliphatic heterocycles. The first-order valence-electron chi connectivity index (χ1n) is 8.39. The van der Waals surface area contributed by atoms with Crippen molar-refractivity contribution in [3.63, 3.8) is 0 Å². The van der Waals surface area contributed by atoms with E-state index in [0.717, 1.165) is 12.1 Å². The van der Waals surface area contributed by atoms with Crippen molar-refractivity contribution in [2.24, 2.45) is 0 Å². The summed E-state index contributed by atoms with van der Waals surface area (Å²) in [6, 6.07) is 13.0. The van der Waals surface area contributed by atoms with Crippen LogP contribution in [0.4, 0.5) is 9.52 Å². The first kappa shape index (κ1) is 18.0. The predicted octanol–water partition coefficient (Wildman–Crippen LogP) is 3.77. The van der Waals surface area contributed by atoms with Crippen molar-refractivity contribution in [2.75, 3.05) is 4.90 Å². The number of aliphatic hydroxyl groups excluding tert-OH is 1. The number of anilines is 1. The Morgan fingerprint density at radius 3 is 2.39 bits per heavy atom. The monoisotopic (exact) mass is 395 g/mol. The van der Waals surface area contributed by atoms with Crippen LogP contribution in [0.5, 0.6) is 0 Å². The molecule has 1 atom stereocenters. The Morgan fingerprint density at radius 1 is 1.11 bits per heavy atom. The van der Waals surface area contributed by atoms with Gasteiger partial charge in [0.05, 0.1) is 11.6 Å². The lowest BCUT2D eigenvalue weighted by atomic mass is 9.93. The number of aryl methyl sites for hydroxylation is 1. The maximum atomic E-state index is 13.2. The molecular formula is C20H14FN3O3S. The van der Waals surface area contributed by atoms with Crippen LogP contribution in [-0.2, 0) is 4.79 Å². The molecule has 0 fully saturated rings. The zero-order valence-electron chi connectivity index (χ0n) is 14.7. The highest BCUT2D eigenvalue weighted by molar-refractivity contribution is 7.15. The molecule has 2 aromatic carbocycles. The molecule has 0 aliphatic carbocycles. The normalized spacial score (nSPS) is 16.7.